The molecule has 0 radical (unpaired) electrons. The van der Waals surface area contributed by atoms with Gasteiger partial charge in [-0.25, -0.2) is 4.79 Å². The minimum Gasteiger partial charge on any atom is -0.497 e. The van der Waals surface area contributed by atoms with Crippen molar-refractivity contribution in [2.45, 2.75) is 32.6 Å². The molecule has 2 heterocycles. The van der Waals surface area contributed by atoms with E-state index in [-0.39, 0.29) is 47.9 Å². The Morgan fingerprint density at radius 3 is 2.45 bits per heavy atom. The molecule has 0 atom stereocenters. The number of benzene rings is 2. The number of ether oxygens (including phenoxy) is 2. The maximum Gasteiger partial charge on any atom is 0.341 e. The van der Waals surface area contributed by atoms with Gasteiger partial charge in [0.1, 0.15) is 21.9 Å². The van der Waals surface area contributed by atoms with Crippen LogP contribution < -0.4 is 10.1 Å². The molecule has 208 valence electrons. The summed E-state index contributed by atoms with van der Waals surface area (Å²) in [5.41, 5.74) is 1.16. The number of nitro groups is 1. The number of imide groups is 1. The second-order valence-corrected chi connectivity index (χ2v) is 9.76. The number of hydrogen-bond acceptors (Lipinski definition) is 9. The zero-order valence-electron chi connectivity index (χ0n) is 21.9. The fraction of sp³-hybridized carbons (Fsp3) is 0.286. The largest absolute Gasteiger partial charge is 0.497 e. The summed E-state index contributed by atoms with van der Waals surface area (Å²) in [5.74, 6) is -1.38. The molecule has 1 N–H and O–H groups in total. The van der Waals surface area contributed by atoms with Gasteiger partial charge >= 0.3 is 5.97 Å². The Morgan fingerprint density at radius 1 is 1.02 bits per heavy atom. The van der Waals surface area contributed by atoms with Crippen molar-refractivity contribution in [1.82, 2.24) is 4.90 Å². The monoisotopic (exact) mass is 565 g/mol. The third-order valence-corrected chi connectivity index (χ3v) is 7.28. The highest BCUT2D eigenvalue weighted by Crippen LogP contribution is 2.37. The Hall–Kier alpha value is -4.58. The molecule has 12 heteroatoms. The standard InChI is InChI=1S/C28H27N3O8S/c1-3-39-28(35)24-20(17-11-13-18(38-2)14-12-17)16-40-25(24)29-22(32)10-5-4-6-15-30-26(33)19-8-7-9-21(31(36)37)23(19)27(30)34/h7-9,11-14,16H,3-6,10,15H2,1-2H3,(H,29,32). The molecule has 3 amide bonds. The van der Waals surface area contributed by atoms with Crippen molar-refractivity contribution in [1.29, 1.82) is 0 Å². The van der Waals surface area contributed by atoms with Crippen LogP contribution in [0.2, 0.25) is 0 Å². The summed E-state index contributed by atoms with van der Waals surface area (Å²) < 4.78 is 10.4. The number of esters is 1. The molecule has 0 fully saturated rings. The summed E-state index contributed by atoms with van der Waals surface area (Å²) in [4.78, 5) is 62.3. The number of hydrogen-bond donors (Lipinski definition) is 1. The maximum absolute atomic E-state index is 12.8. The van der Waals surface area contributed by atoms with Gasteiger partial charge in [0.25, 0.3) is 17.5 Å². The van der Waals surface area contributed by atoms with E-state index in [9.17, 15) is 29.3 Å². The highest BCUT2D eigenvalue weighted by atomic mass is 32.1. The molecule has 0 unspecified atom stereocenters. The number of amides is 3. The van der Waals surface area contributed by atoms with E-state index in [4.69, 9.17) is 9.47 Å². The number of anilines is 1. The number of carbonyl (C=O) groups excluding carboxylic acids is 4. The molecule has 1 aromatic heterocycles. The smallest absolute Gasteiger partial charge is 0.341 e. The van der Waals surface area contributed by atoms with Crippen molar-refractivity contribution < 1.29 is 33.6 Å². The average molecular weight is 566 g/mol. The van der Waals surface area contributed by atoms with Crippen molar-refractivity contribution >= 4 is 45.7 Å². The Bertz CT molecular complexity index is 1460. The van der Waals surface area contributed by atoms with Crippen LogP contribution in [-0.2, 0) is 9.53 Å². The summed E-state index contributed by atoms with van der Waals surface area (Å²) in [6.45, 7) is 1.98. The van der Waals surface area contributed by atoms with Crippen molar-refractivity contribution in [3.05, 3.63) is 74.6 Å². The summed E-state index contributed by atoms with van der Waals surface area (Å²) in [6, 6.07) is 11.2. The molecular formula is C28H27N3O8S. The SMILES string of the molecule is CCOC(=O)c1c(-c2ccc(OC)cc2)csc1NC(=O)CCCCCN1C(=O)c2cccc([N+](=O)[O-])c2C1=O. The molecule has 1 aliphatic heterocycles. The number of fused-ring (bicyclic) bond motifs is 1. The fourth-order valence-electron chi connectivity index (χ4n) is 4.43. The molecule has 2 aromatic carbocycles. The number of thiophene rings is 1. The molecule has 0 aliphatic carbocycles. The summed E-state index contributed by atoms with van der Waals surface area (Å²) >= 11 is 1.23. The van der Waals surface area contributed by atoms with Gasteiger partial charge in [0.2, 0.25) is 5.91 Å². The van der Waals surface area contributed by atoms with Gasteiger partial charge in [0.15, 0.2) is 0 Å². The van der Waals surface area contributed by atoms with Crippen LogP contribution in [0, 0.1) is 10.1 Å². The molecule has 0 bridgehead atoms. The van der Waals surface area contributed by atoms with E-state index in [0.29, 0.717) is 35.6 Å². The zero-order valence-corrected chi connectivity index (χ0v) is 22.7. The Labute approximate surface area is 233 Å². The third kappa shape index (κ3) is 5.86. The first-order valence-electron chi connectivity index (χ1n) is 12.6. The minimum atomic E-state index is -0.679. The van der Waals surface area contributed by atoms with E-state index < -0.39 is 22.7 Å². The number of nitrogens with zero attached hydrogens (tertiary/aromatic N) is 2. The van der Waals surface area contributed by atoms with Gasteiger partial charge in [-0.05, 0) is 43.5 Å². The Kier molecular flexibility index (Phi) is 8.90. The highest BCUT2D eigenvalue weighted by Gasteiger charge is 2.40. The lowest BCUT2D eigenvalue weighted by atomic mass is 10.0. The van der Waals surface area contributed by atoms with Gasteiger partial charge in [-0.1, -0.05) is 24.6 Å². The van der Waals surface area contributed by atoms with Crippen molar-refractivity contribution in [3.63, 3.8) is 0 Å². The highest BCUT2D eigenvalue weighted by molar-refractivity contribution is 7.15. The normalized spacial score (nSPS) is 12.3. The third-order valence-electron chi connectivity index (χ3n) is 6.38. The lowest BCUT2D eigenvalue weighted by Crippen LogP contribution is -2.30. The van der Waals surface area contributed by atoms with Crippen LogP contribution in [0.3, 0.4) is 0 Å². The number of rotatable bonds is 12. The Morgan fingerprint density at radius 2 is 1.77 bits per heavy atom. The molecule has 1 aliphatic rings. The first kappa shape index (κ1) is 28.4. The maximum atomic E-state index is 12.8. The predicted octanol–water partition coefficient (Wildman–Crippen LogP) is 5.30. The van der Waals surface area contributed by atoms with Crippen molar-refractivity contribution in [2.75, 3.05) is 25.6 Å². The van der Waals surface area contributed by atoms with Gasteiger partial charge in [-0.15, -0.1) is 11.3 Å². The van der Waals surface area contributed by atoms with Crippen LogP contribution in [0.4, 0.5) is 10.7 Å². The van der Waals surface area contributed by atoms with Gasteiger partial charge in [-0.3, -0.25) is 29.4 Å². The second-order valence-electron chi connectivity index (χ2n) is 8.88. The van der Waals surface area contributed by atoms with Crippen LogP contribution in [0.5, 0.6) is 5.75 Å². The summed E-state index contributed by atoms with van der Waals surface area (Å²) in [7, 11) is 1.57. The van der Waals surface area contributed by atoms with Crippen LogP contribution in [0.1, 0.15) is 63.7 Å². The van der Waals surface area contributed by atoms with Gasteiger partial charge < -0.3 is 14.8 Å². The summed E-state index contributed by atoms with van der Waals surface area (Å²) in [6.07, 6.45) is 1.60. The average Bonchev–Trinajstić information content (AvgIpc) is 3.47. The van der Waals surface area contributed by atoms with E-state index in [1.165, 1.54) is 29.5 Å². The summed E-state index contributed by atoms with van der Waals surface area (Å²) in [5, 5.41) is 16.2. The number of nitro benzene ring substituents is 1. The van der Waals surface area contributed by atoms with E-state index in [2.05, 4.69) is 5.32 Å². The topological polar surface area (TPSA) is 145 Å². The predicted molar refractivity (Wildman–Crippen MR) is 148 cm³/mol. The van der Waals surface area contributed by atoms with Crippen molar-refractivity contribution in [2.24, 2.45) is 0 Å². The molecule has 11 nitrogen and oxygen atoms in total. The van der Waals surface area contributed by atoms with Gasteiger partial charge in [0.05, 0.1) is 24.2 Å². The first-order valence-corrected chi connectivity index (χ1v) is 13.5. The number of methoxy groups -OCH3 is 1. The first-order chi connectivity index (χ1) is 19.3. The quantitative estimate of drug-likeness (QED) is 0.102. The number of carbonyl (C=O) groups is 4. The van der Waals surface area contributed by atoms with Crippen molar-refractivity contribution in [3.8, 4) is 16.9 Å². The molecule has 0 saturated heterocycles. The molecule has 4 rings (SSSR count). The molecule has 0 saturated carbocycles. The fourth-order valence-corrected chi connectivity index (χ4v) is 5.40. The van der Waals surface area contributed by atoms with E-state index in [1.807, 2.05) is 12.1 Å². The van der Waals surface area contributed by atoms with Crippen LogP contribution >= 0.6 is 11.3 Å². The van der Waals surface area contributed by atoms with Crippen LogP contribution in [0.25, 0.3) is 11.1 Å². The molecule has 3 aromatic rings. The molecule has 40 heavy (non-hydrogen) atoms. The van der Waals surface area contributed by atoms with E-state index in [1.54, 1.807) is 31.5 Å². The van der Waals surface area contributed by atoms with E-state index in [0.717, 1.165) is 10.5 Å². The van der Waals surface area contributed by atoms with E-state index >= 15 is 0 Å². The Balaban J connectivity index is 1.33. The minimum absolute atomic E-state index is 0.0286. The van der Waals surface area contributed by atoms with Crippen LogP contribution in [0.15, 0.2) is 47.8 Å². The number of nitrogens with one attached hydrogen (secondary N) is 1. The molecular weight excluding hydrogens is 538 g/mol. The van der Waals surface area contributed by atoms with Gasteiger partial charge in [-0.2, -0.15) is 0 Å². The lowest BCUT2D eigenvalue weighted by Gasteiger charge is -2.13. The van der Waals surface area contributed by atoms with Gasteiger partial charge in [0, 0.05) is 30.0 Å². The number of unbranched alkanes of at least 4 members (excludes halogenated alkanes) is 2. The lowest BCUT2D eigenvalue weighted by molar-refractivity contribution is -0.385. The molecule has 0 spiro atoms. The van der Waals surface area contributed by atoms with Crippen LogP contribution in [-0.4, -0.2) is 53.8 Å². The second kappa shape index (κ2) is 12.5. The zero-order chi connectivity index (χ0) is 28.8.